The molecule has 0 saturated carbocycles. The first-order chi connectivity index (χ1) is 14.1. The first-order valence-corrected chi connectivity index (χ1v) is 10.2. The van der Waals surface area contributed by atoms with Gasteiger partial charge in [-0.05, 0) is 31.5 Å². The number of ether oxygens (including phenoxy) is 1. The van der Waals surface area contributed by atoms with Crippen LogP contribution in [0.5, 0.6) is 5.75 Å². The molecule has 0 bridgehead atoms. The molecule has 1 fully saturated rings. The summed E-state index contributed by atoms with van der Waals surface area (Å²) in [6.45, 7) is 5.40. The molecule has 1 aliphatic heterocycles. The number of pyridine rings is 1. The minimum Gasteiger partial charge on any atom is -0.495 e. The van der Waals surface area contributed by atoms with Crippen molar-refractivity contribution in [2.75, 3.05) is 50.6 Å². The van der Waals surface area contributed by atoms with Crippen LogP contribution < -0.4 is 25.2 Å². The van der Waals surface area contributed by atoms with E-state index in [1.165, 1.54) is 0 Å². The van der Waals surface area contributed by atoms with Gasteiger partial charge in [0.2, 0.25) is 0 Å². The van der Waals surface area contributed by atoms with Gasteiger partial charge in [-0.15, -0.1) is 0 Å². The predicted octanol–water partition coefficient (Wildman–Crippen LogP) is 2.49. The number of benzene rings is 1. The quantitative estimate of drug-likeness (QED) is 0.554. The van der Waals surface area contributed by atoms with Crippen LogP contribution in [0.1, 0.15) is 18.9 Å². The highest BCUT2D eigenvalue weighted by Crippen LogP contribution is 2.30. The highest BCUT2D eigenvalue weighted by Gasteiger charge is 2.25. The largest absolute Gasteiger partial charge is 0.495 e. The van der Waals surface area contributed by atoms with Crippen molar-refractivity contribution in [3.8, 4) is 5.75 Å². The average molecular weight is 397 g/mol. The van der Waals surface area contributed by atoms with Crippen LogP contribution in [-0.2, 0) is 6.54 Å². The molecule has 0 radical (unpaired) electrons. The lowest BCUT2D eigenvalue weighted by molar-refractivity contribution is 0.415. The van der Waals surface area contributed by atoms with Gasteiger partial charge in [-0.1, -0.05) is 18.2 Å². The molecule has 2 heterocycles. The van der Waals surface area contributed by atoms with Gasteiger partial charge in [0.25, 0.3) is 0 Å². The van der Waals surface area contributed by atoms with Gasteiger partial charge in [0.05, 0.1) is 19.3 Å². The Balaban J connectivity index is 1.66. The highest BCUT2D eigenvalue weighted by molar-refractivity contribution is 5.80. The second-order valence-electron chi connectivity index (χ2n) is 7.32. The van der Waals surface area contributed by atoms with Crippen molar-refractivity contribution < 1.29 is 4.74 Å². The summed E-state index contributed by atoms with van der Waals surface area (Å²) in [5.74, 6) is 2.71. The zero-order valence-corrected chi connectivity index (χ0v) is 17.9. The van der Waals surface area contributed by atoms with Crippen LogP contribution in [-0.4, -0.2) is 57.8 Å². The lowest BCUT2D eigenvalue weighted by Crippen LogP contribution is -2.44. The molecule has 2 aromatic rings. The Morgan fingerprint density at radius 2 is 2.10 bits per heavy atom. The maximum atomic E-state index is 5.52. The third-order valence-corrected chi connectivity index (χ3v) is 5.00. The fourth-order valence-electron chi connectivity index (χ4n) is 3.62. The number of aliphatic imine (C=N–C) groups is 1. The number of hydrogen-bond acceptors (Lipinski definition) is 5. The van der Waals surface area contributed by atoms with Gasteiger partial charge in [0.1, 0.15) is 11.6 Å². The molecule has 1 atom stereocenters. The molecule has 1 aromatic heterocycles. The molecule has 7 heteroatoms. The summed E-state index contributed by atoms with van der Waals surface area (Å²) in [6.07, 6.45) is 2.87. The van der Waals surface area contributed by atoms with Crippen LogP contribution >= 0.6 is 0 Å². The standard InChI is InChI=1S/C22H32N6O/c1-5-23-22(25-15-17-9-8-13-24-21(17)27(2)3)26-18-12-14-28(16-18)19-10-6-7-11-20(19)29-4/h6-11,13,18H,5,12,14-16H2,1-4H3,(H2,23,25,26). The average Bonchev–Trinajstić information content (AvgIpc) is 3.20. The fourth-order valence-corrected chi connectivity index (χ4v) is 3.62. The topological polar surface area (TPSA) is 65.0 Å². The Morgan fingerprint density at radius 3 is 2.86 bits per heavy atom. The number of nitrogens with one attached hydrogen (secondary N) is 2. The molecule has 29 heavy (non-hydrogen) atoms. The Hall–Kier alpha value is -2.96. The molecule has 3 rings (SSSR count). The molecular weight excluding hydrogens is 364 g/mol. The summed E-state index contributed by atoms with van der Waals surface area (Å²) in [5.41, 5.74) is 2.25. The Kier molecular flexibility index (Phi) is 7.16. The van der Waals surface area contributed by atoms with E-state index in [0.717, 1.165) is 54.8 Å². The molecule has 0 amide bonds. The van der Waals surface area contributed by atoms with Gasteiger partial charge < -0.3 is 25.2 Å². The lowest BCUT2D eigenvalue weighted by atomic mass is 10.2. The van der Waals surface area contributed by atoms with E-state index in [9.17, 15) is 0 Å². The molecule has 7 nitrogen and oxygen atoms in total. The van der Waals surface area contributed by atoms with Crippen LogP contribution in [0.4, 0.5) is 11.5 Å². The van der Waals surface area contributed by atoms with E-state index in [0.29, 0.717) is 12.6 Å². The van der Waals surface area contributed by atoms with Crippen molar-refractivity contribution in [3.63, 3.8) is 0 Å². The fraction of sp³-hybridized carbons (Fsp3) is 0.455. The second-order valence-corrected chi connectivity index (χ2v) is 7.32. The Labute approximate surface area is 173 Å². The van der Waals surface area contributed by atoms with Crippen molar-refractivity contribution in [3.05, 3.63) is 48.2 Å². The minimum absolute atomic E-state index is 0.333. The van der Waals surface area contributed by atoms with E-state index >= 15 is 0 Å². The molecule has 0 aliphatic carbocycles. The van der Waals surface area contributed by atoms with Crippen LogP contribution in [0, 0.1) is 0 Å². The third kappa shape index (κ3) is 5.31. The van der Waals surface area contributed by atoms with Gasteiger partial charge in [-0.3, -0.25) is 0 Å². The number of anilines is 2. The first-order valence-electron chi connectivity index (χ1n) is 10.2. The lowest BCUT2D eigenvalue weighted by Gasteiger charge is -2.22. The van der Waals surface area contributed by atoms with Crippen LogP contribution in [0.25, 0.3) is 0 Å². The molecule has 1 aromatic carbocycles. The third-order valence-electron chi connectivity index (χ3n) is 5.00. The van der Waals surface area contributed by atoms with E-state index < -0.39 is 0 Å². The van der Waals surface area contributed by atoms with E-state index in [2.05, 4.69) is 45.6 Å². The normalized spacial score (nSPS) is 16.6. The molecular formula is C22H32N6O. The van der Waals surface area contributed by atoms with Gasteiger partial charge in [0.15, 0.2) is 5.96 Å². The Bertz CT molecular complexity index is 822. The second kappa shape index (κ2) is 10.0. The number of aromatic nitrogens is 1. The van der Waals surface area contributed by atoms with Crippen molar-refractivity contribution in [1.29, 1.82) is 0 Å². The number of rotatable bonds is 7. The molecule has 0 spiro atoms. The number of hydrogen-bond donors (Lipinski definition) is 2. The molecule has 1 aliphatic rings. The number of methoxy groups -OCH3 is 1. The summed E-state index contributed by atoms with van der Waals surface area (Å²) < 4.78 is 5.52. The van der Waals surface area contributed by atoms with Gasteiger partial charge in [0, 0.05) is 51.5 Å². The smallest absolute Gasteiger partial charge is 0.191 e. The zero-order valence-electron chi connectivity index (χ0n) is 17.9. The van der Waals surface area contributed by atoms with Crippen molar-refractivity contribution >= 4 is 17.5 Å². The van der Waals surface area contributed by atoms with E-state index in [1.54, 1.807) is 7.11 Å². The summed E-state index contributed by atoms with van der Waals surface area (Å²) in [6, 6.07) is 12.6. The first kappa shape index (κ1) is 20.8. The summed E-state index contributed by atoms with van der Waals surface area (Å²) in [7, 11) is 5.73. The summed E-state index contributed by atoms with van der Waals surface area (Å²) >= 11 is 0. The van der Waals surface area contributed by atoms with E-state index in [-0.39, 0.29) is 0 Å². The summed E-state index contributed by atoms with van der Waals surface area (Å²) in [4.78, 5) is 13.7. The highest BCUT2D eigenvalue weighted by atomic mass is 16.5. The van der Waals surface area contributed by atoms with Crippen LogP contribution in [0.2, 0.25) is 0 Å². The van der Waals surface area contributed by atoms with E-state index in [4.69, 9.17) is 9.73 Å². The number of nitrogens with zero attached hydrogens (tertiary/aromatic N) is 4. The van der Waals surface area contributed by atoms with Gasteiger partial charge in [-0.25, -0.2) is 9.98 Å². The molecule has 1 saturated heterocycles. The van der Waals surface area contributed by atoms with Gasteiger partial charge >= 0.3 is 0 Å². The minimum atomic E-state index is 0.333. The molecule has 2 N–H and O–H groups in total. The van der Waals surface area contributed by atoms with Crippen molar-refractivity contribution in [2.24, 2.45) is 4.99 Å². The molecule has 1 unspecified atom stereocenters. The summed E-state index contributed by atoms with van der Waals surface area (Å²) in [5, 5.41) is 6.96. The maximum absolute atomic E-state index is 5.52. The van der Waals surface area contributed by atoms with Crippen LogP contribution in [0.15, 0.2) is 47.6 Å². The maximum Gasteiger partial charge on any atom is 0.191 e. The monoisotopic (exact) mass is 396 g/mol. The van der Waals surface area contributed by atoms with Crippen molar-refractivity contribution in [2.45, 2.75) is 25.9 Å². The SMILES string of the molecule is CCNC(=NCc1cccnc1N(C)C)NC1CCN(c2ccccc2OC)C1. The number of para-hydroxylation sites is 2. The van der Waals surface area contributed by atoms with Gasteiger partial charge in [-0.2, -0.15) is 0 Å². The number of guanidine groups is 1. The van der Waals surface area contributed by atoms with E-state index in [1.807, 2.05) is 43.4 Å². The Morgan fingerprint density at radius 1 is 1.28 bits per heavy atom. The zero-order chi connectivity index (χ0) is 20.6. The van der Waals surface area contributed by atoms with Crippen LogP contribution in [0.3, 0.4) is 0 Å². The van der Waals surface area contributed by atoms with Crippen molar-refractivity contribution in [1.82, 2.24) is 15.6 Å². The predicted molar refractivity (Wildman–Crippen MR) is 120 cm³/mol. The molecule has 156 valence electrons.